The van der Waals surface area contributed by atoms with Crippen LogP contribution in [0.5, 0.6) is 0 Å². The van der Waals surface area contributed by atoms with Crippen molar-refractivity contribution in [2.24, 2.45) is 0 Å². The minimum atomic E-state index is -3.72. The molecule has 0 bridgehead atoms. The summed E-state index contributed by atoms with van der Waals surface area (Å²) in [6, 6.07) is 15.9. The highest BCUT2D eigenvalue weighted by Gasteiger charge is 2.16. The van der Waals surface area contributed by atoms with Crippen LogP contribution in [0.4, 0.5) is 0 Å². The van der Waals surface area contributed by atoms with Crippen molar-refractivity contribution < 1.29 is 16.8 Å². The summed E-state index contributed by atoms with van der Waals surface area (Å²) < 4.78 is 50.8. The predicted molar refractivity (Wildman–Crippen MR) is 143 cm³/mol. The summed E-state index contributed by atoms with van der Waals surface area (Å²) >= 11 is 23.9. The Morgan fingerprint density at radius 2 is 0.971 bits per heavy atom. The van der Waals surface area contributed by atoms with Crippen LogP contribution >= 0.6 is 46.4 Å². The van der Waals surface area contributed by atoms with E-state index in [1.807, 2.05) is 0 Å². The van der Waals surface area contributed by atoms with E-state index >= 15 is 0 Å². The van der Waals surface area contributed by atoms with Gasteiger partial charge in [-0.3, -0.25) is 0 Å². The molecule has 0 saturated heterocycles. The Hall–Kier alpha value is -1.80. The Bertz CT molecular complexity index is 1370. The molecule has 0 amide bonds. The topological polar surface area (TPSA) is 68.3 Å². The number of hydrogen-bond donors (Lipinski definition) is 0. The van der Waals surface area contributed by atoms with Gasteiger partial charge in [-0.25, -0.2) is 16.8 Å². The molecule has 34 heavy (non-hydrogen) atoms. The molecule has 4 nitrogen and oxygen atoms in total. The molecule has 0 fully saturated rings. The number of hydrogen-bond acceptors (Lipinski definition) is 4. The predicted octanol–water partition coefficient (Wildman–Crippen LogP) is 7.47. The molecule has 178 valence electrons. The van der Waals surface area contributed by atoms with Crippen molar-refractivity contribution in [1.82, 2.24) is 0 Å². The van der Waals surface area contributed by atoms with Crippen LogP contribution in [-0.2, 0) is 31.2 Å². The molecule has 0 N–H and O–H groups in total. The van der Waals surface area contributed by atoms with Crippen LogP contribution in [0.1, 0.15) is 22.3 Å². The second kappa shape index (κ2) is 11.3. The van der Waals surface area contributed by atoms with Crippen molar-refractivity contribution in [2.45, 2.75) is 11.5 Å². The normalized spacial score (nSPS) is 12.6. The van der Waals surface area contributed by atoms with E-state index in [2.05, 4.69) is 0 Å². The van der Waals surface area contributed by atoms with E-state index in [9.17, 15) is 16.8 Å². The summed E-state index contributed by atoms with van der Waals surface area (Å²) in [4.78, 5) is 0. The second-order valence-corrected chi connectivity index (χ2v) is 12.8. The average molecular weight is 576 g/mol. The van der Waals surface area contributed by atoms with Gasteiger partial charge in [0.25, 0.3) is 0 Å². The zero-order valence-corrected chi connectivity index (χ0v) is 22.1. The minimum absolute atomic E-state index is 0.318. The van der Waals surface area contributed by atoms with Crippen molar-refractivity contribution >= 4 is 78.2 Å². The fourth-order valence-corrected chi connectivity index (χ4v) is 6.27. The number of benzene rings is 3. The van der Waals surface area contributed by atoms with E-state index in [0.29, 0.717) is 42.3 Å². The monoisotopic (exact) mass is 574 g/mol. The van der Waals surface area contributed by atoms with E-state index in [4.69, 9.17) is 46.4 Å². The Morgan fingerprint density at radius 1 is 0.588 bits per heavy atom. The Labute approximate surface area is 219 Å². The van der Waals surface area contributed by atoms with Gasteiger partial charge in [0.15, 0.2) is 19.7 Å². The maximum absolute atomic E-state index is 12.7. The SMILES string of the molecule is O=S(=O)(/C=C\c1ccc(Cl)cc1Cl)Cc1ccccc1CS(=O)(=O)/C=C/c1ccc(Cl)cc1Cl. The smallest absolute Gasteiger partial charge is 0.175 e. The van der Waals surface area contributed by atoms with Crippen LogP contribution in [0.3, 0.4) is 0 Å². The molecule has 0 aliphatic carbocycles. The van der Waals surface area contributed by atoms with Crippen LogP contribution in [0.2, 0.25) is 20.1 Å². The van der Waals surface area contributed by atoms with Gasteiger partial charge in [0.1, 0.15) is 0 Å². The summed E-state index contributed by atoms with van der Waals surface area (Å²) in [6.45, 7) is 0. The molecule has 0 aliphatic heterocycles. The molecular weight excluding hydrogens is 558 g/mol. The third-order valence-electron chi connectivity index (χ3n) is 4.67. The van der Waals surface area contributed by atoms with E-state index in [1.54, 1.807) is 48.5 Å². The minimum Gasteiger partial charge on any atom is -0.224 e. The lowest BCUT2D eigenvalue weighted by Gasteiger charge is -2.08. The summed E-state index contributed by atoms with van der Waals surface area (Å²) in [5.41, 5.74) is 1.76. The van der Waals surface area contributed by atoms with Gasteiger partial charge in [0.2, 0.25) is 0 Å². The van der Waals surface area contributed by atoms with Gasteiger partial charge in [-0.15, -0.1) is 0 Å². The molecule has 3 aromatic carbocycles. The van der Waals surface area contributed by atoms with Crippen LogP contribution in [0.15, 0.2) is 71.5 Å². The maximum atomic E-state index is 12.7. The van der Waals surface area contributed by atoms with Gasteiger partial charge in [-0.05, 0) is 58.7 Å². The summed E-state index contributed by atoms with van der Waals surface area (Å²) in [5.74, 6) is -0.736. The van der Waals surface area contributed by atoms with E-state index < -0.39 is 19.7 Å². The van der Waals surface area contributed by atoms with E-state index in [-0.39, 0.29) is 11.5 Å². The Morgan fingerprint density at radius 3 is 1.32 bits per heavy atom. The highest BCUT2D eigenvalue weighted by molar-refractivity contribution is 7.94. The first-order chi connectivity index (χ1) is 15.9. The third kappa shape index (κ3) is 7.87. The molecular formula is C24H18Cl4O4S2. The third-order valence-corrected chi connectivity index (χ3v) is 8.32. The first-order valence-electron chi connectivity index (χ1n) is 9.73. The lowest BCUT2D eigenvalue weighted by molar-refractivity contribution is 0.600. The molecule has 0 aromatic heterocycles. The van der Waals surface area contributed by atoms with Gasteiger partial charge in [0, 0.05) is 30.9 Å². The fourth-order valence-electron chi connectivity index (χ4n) is 3.00. The first-order valence-corrected chi connectivity index (χ1v) is 14.7. The average Bonchev–Trinajstić information content (AvgIpc) is 2.73. The Kier molecular flexibility index (Phi) is 8.90. The molecule has 0 atom stereocenters. The zero-order valence-electron chi connectivity index (χ0n) is 17.5. The van der Waals surface area contributed by atoms with E-state index in [0.717, 1.165) is 10.8 Å². The van der Waals surface area contributed by atoms with Crippen LogP contribution in [0, 0.1) is 0 Å². The molecule has 0 saturated carbocycles. The van der Waals surface area contributed by atoms with Crippen molar-refractivity contribution in [3.8, 4) is 0 Å². The van der Waals surface area contributed by atoms with E-state index in [1.165, 1.54) is 24.3 Å². The van der Waals surface area contributed by atoms with Gasteiger partial charge in [-0.2, -0.15) is 0 Å². The number of halogens is 4. The van der Waals surface area contributed by atoms with Gasteiger partial charge in [0.05, 0.1) is 11.5 Å². The number of rotatable bonds is 8. The van der Waals surface area contributed by atoms with Crippen LogP contribution < -0.4 is 0 Å². The second-order valence-electron chi connectivity index (χ2n) is 7.32. The van der Waals surface area contributed by atoms with Crippen LogP contribution in [-0.4, -0.2) is 16.8 Å². The molecule has 3 aromatic rings. The molecule has 0 radical (unpaired) electrons. The largest absolute Gasteiger partial charge is 0.224 e. The van der Waals surface area contributed by atoms with Crippen molar-refractivity contribution in [3.63, 3.8) is 0 Å². The molecule has 0 spiro atoms. The maximum Gasteiger partial charge on any atom is 0.175 e. The molecule has 0 unspecified atom stereocenters. The van der Waals surface area contributed by atoms with Crippen molar-refractivity contribution in [2.75, 3.05) is 0 Å². The molecule has 0 heterocycles. The van der Waals surface area contributed by atoms with Gasteiger partial charge < -0.3 is 0 Å². The molecule has 3 rings (SSSR count). The van der Waals surface area contributed by atoms with Crippen LogP contribution in [0.25, 0.3) is 12.2 Å². The summed E-state index contributed by atoms with van der Waals surface area (Å²) in [6.07, 6.45) is 2.76. The lowest BCUT2D eigenvalue weighted by Crippen LogP contribution is -2.07. The molecule has 0 aliphatic rings. The lowest BCUT2D eigenvalue weighted by atomic mass is 10.1. The standard InChI is InChI=1S/C24H18Cl4O4S2/c25-21-7-5-17(23(27)13-21)9-11-33(29,30)15-19-3-1-2-4-20(19)16-34(31,32)12-10-18-6-8-22(26)14-24(18)28/h1-14H,15-16H2/b11-9-,12-10+. The highest BCUT2D eigenvalue weighted by atomic mass is 35.5. The van der Waals surface area contributed by atoms with Gasteiger partial charge >= 0.3 is 0 Å². The number of sulfone groups is 2. The summed E-state index contributed by atoms with van der Waals surface area (Å²) in [5, 5.41) is 3.61. The molecule has 10 heteroatoms. The fraction of sp³-hybridized carbons (Fsp3) is 0.0833. The first kappa shape index (κ1) is 26.8. The highest BCUT2D eigenvalue weighted by Crippen LogP contribution is 2.25. The van der Waals surface area contributed by atoms with Crippen molar-refractivity contribution in [1.29, 1.82) is 0 Å². The Balaban J connectivity index is 1.79. The summed E-state index contributed by atoms with van der Waals surface area (Å²) in [7, 11) is -7.44. The van der Waals surface area contributed by atoms with Gasteiger partial charge in [-0.1, -0.05) is 82.8 Å². The van der Waals surface area contributed by atoms with Crippen molar-refractivity contribution in [3.05, 3.63) is 114 Å². The zero-order chi connectivity index (χ0) is 24.9. The quantitative estimate of drug-likeness (QED) is 0.279.